The van der Waals surface area contributed by atoms with Crippen LogP contribution in [-0.2, 0) is 14.3 Å². The number of nitrogens with zero attached hydrogens (tertiary/aromatic N) is 1. The van der Waals surface area contributed by atoms with Crippen LogP contribution in [0.2, 0.25) is 0 Å². The number of carbonyl (C=O) groups excluding carboxylic acids is 3. The van der Waals surface area contributed by atoms with Gasteiger partial charge in [-0.05, 0) is 13.8 Å². The number of ketones is 1. The minimum Gasteiger partial charge on any atom is -0.501 e. The molecule has 0 rings (SSSR count). The monoisotopic (exact) mass is 228 g/mol. The predicted molar refractivity (Wildman–Crippen MR) is 55.0 cm³/mol. The maximum atomic E-state index is 11.1. The Labute approximate surface area is 91.6 Å². The highest BCUT2D eigenvalue weighted by Crippen LogP contribution is 2.03. The van der Waals surface area contributed by atoms with Gasteiger partial charge in [-0.15, -0.1) is 0 Å². The van der Waals surface area contributed by atoms with E-state index in [9.17, 15) is 19.5 Å². The maximum absolute atomic E-state index is 11.1. The number of Topliss-reactive ketones (excluding diaryl/α,β-unsaturated/α-hetero) is 1. The van der Waals surface area contributed by atoms with Crippen molar-refractivity contribution in [1.29, 1.82) is 0 Å². The smallest absolute Gasteiger partial charge is 0.374 e. The first-order valence-corrected chi connectivity index (χ1v) is 4.35. The van der Waals surface area contributed by atoms with E-state index in [1.54, 1.807) is 0 Å². The number of primary amides is 1. The van der Waals surface area contributed by atoms with Crippen LogP contribution in [0.1, 0.15) is 13.8 Å². The van der Waals surface area contributed by atoms with Crippen LogP contribution >= 0.6 is 0 Å². The summed E-state index contributed by atoms with van der Waals surface area (Å²) in [5.74, 6) is -2.61. The Hall–Kier alpha value is -2.18. The molecule has 0 spiro atoms. The van der Waals surface area contributed by atoms with Crippen molar-refractivity contribution in [2.24, 2.45) is 10.7 Å². The standard InChI is InChI=1S/C9H12N2O5/c1-3-16-8(14)7(13)6(5(2)12)4-11-9(10)15/h4,13H,3H2,1-2H3,(H2,10,15)/b7-6-,11-4+. The molecule has 0 aromatic rings. The van der Waals surface area contributed by atoms with Gasteiger partial charge >= 0.3 is 12.0 Å². The highest BCUT2D eigenvalue weighted by molar-refractivity contribution is 6.17. The summed E-state index contributed by atoms with van der Waals surface area (Å²) in [6.07, 6.45) is 0.719. The summed E-state index contributed by atoms with van der Waals surface area (Å²) >= 11 is 0. The van der Waals surface area contributed by atoms with E-state index in [1.165, 1.54) is 6.92 Å². The van der Waals surface area contributed by atoms with Gasteiger partial charge in [0.1, 0.15) is 0 Å². The van der Waals surface area contributed by atoms with E-state index in [2.05, 4.69) is 9.73 Å². The third-order valence-corrected chi connectivity index (χ3v) is 1.42. The second kappa shape index (κ2) is 6.33. The number of nitrogens with two attached hydrogens (primary N) is 1. The number of hydrogen-bond acceptors (Lipinski definition) is 5. The number of carbonyl (C=O) groups is 3. The largest absolute Gasteiger partial charge is 0.501 e. The van der Waals surface area contributed by atoms with Gasteiger partial charge in [0.2, 0.25) is 5.76 Å². The van der Waals surface area contributed by atoms with Crippen molar-refractivity contribution < 1.29 is 24.2 Å². The molecule has 0 aliphatic heterocycles. The molecule has 0 fully saturated rings. The summed E-state index contributed by atoms with van der Waals surface area (Å²) in [5, 5.41) is 9.33. The van der Waals surface area contributed by atoms with E-state index < -0.39 is 29.1 Å². The number of aliphatic hydroxyl groups excluding tert-OH is 1. The molecule has 0 aromatic heterocycles. The lowest BCUT2D eigenvalue weighted by atomic mass is 10.1. The van der Waals surface area contributed by atoms with E-state index in [4.69, 9.17) is 5.73 Å². The number of allylic oxidation sites excluding steroid dienone is 1. The third kappa shape index (κ3) is 4.36. The van der Waals surface area contributed by atoms with E-state index in [1.807, 2.05) is 0 Å². The number of hydrogen-bond donors (Lipinski definition) is 2. The van der Waals surface area contributed by atoms with Gasteiger partial charge in [-0.2, -0.15) is 0 Å². The summed E-state index contributed by atoms with van der Waals surface area (Å²) in [5.41, 5.74) is 4.27. The van der Waals surface area contributed by atoms with Crippen molar-refractivity contribution in [2.45, 2.75) is 13.8 Å². The summed E-state index contributed by atoms with van der Waals surface area (Å²) in [7, 11) is 0. The highest BCUT2D eigenvalue weighted by atomic mass is 16.5. The molecule has 0 atom stereocenters. The van der Waals surface area contributed by atoms with Crippen molar-refractivity contribution >= 4 is 24.0 Å². The maximum Gasteiger partial charge on any atom is 0.374 e. The first-order chi connectivity index (χ1) is 7.40. The topological polar surface area (TPSA) is 119 Å². The van der Waals surface area contributed by atoms with Gasteiger partial charge in [0, 0.05) is 6.21 Å². The first-order valence-electron chi connectivity index (χ1n) is 4.35. The fraction of sp³-hybridized carbons (Fsp3) is 0.333. The molecular formula is C9H12N2O5. The summed E-state index contributed by atoms with van der Waals surface area (Å²) < 4.78 is 4.46. The Bertz CT molecular complexity index is 370. The molecule has 0 heterocycles. The minimum absolute atomic E-state index is 0.0427. The lowest BCUT2D eigenvalue weighted by Gasteiger charge is -2.02. The predicted octanol–water partition coefficient (Wildman–Crippen LogP) is 0.100. The van der Waals surface area contributed by atoms with Crippen LogP contribution in [0, 0.1) is 0 Å². The zero-order valence-electron chi connectivity index (χ0n) is 8.89. The molecule has 0 radical (unpaired) electrons. The van der Waals surface area contributed by atoms with Crippen LogP contribution in [0.15, 0.2) is 16.3 Å². The molecular weight excluding hydrogens is 216 g/mol. The van der Waals surface area contributed by atoms with Crippen LogP contribution in [0.25, 0.3) is 0 Å². The average molecular weight is 228 g/mol. The van der Waals surface area contributed by atoms with Crippen molar-refractivity contribution in [3.05, 3.63) is 11.3 Å². The van der Waals surface area contributed by atoms with E-state index in [0.717, 1.165) is 13.1 Å². The molecule has 7 heteroatoms. The van der Waals surface area contributed by atoms with Gasteiger partial charge in [-0.25, -0.2) is 14.6 Å². The number of urea groups is 1. The molecule has 0 aliphatic carbocycles. The lowest BCUT2D eigenvalue weighted by molar-refractivity contribution is -0.141. The SMILES string of the molecule is CCOC(=O)/C(O)=C(\C=N\C(N)=O)C(C)=O. The van der Waals surface area contributed by atoms with Crippen molar-refractivity contribution in [3.8, 4) is 0 Å². The van der Waals surface area contributed by atoms with Gasteiger partial charge < -0.3 is 15.6 Å². The van der Waals surface area contributed by atoms with Crippen LogP contribution in [-0.4, -0.2) is 35.7 Å². The van der Waals surface area contributed by atoms with Crippen molar-refractivity contribution in [2.75, 3.05) is 6.61 Å². The number of rotatable bonds is 4. The number of aliphatic hydroxyl groups is 1. The number of ether oxygens (including phenoxy) is 1. The first kappa shape index (κ1) is 13.8. The number of aliphatic imine (C=N–C) groups is 1. The second-order valence-corrected chi connectivity index (χ2v) is 2.64. The minimum atomic E-state index is -1.07. The van der Waals surface area contributed by atoms with Crippen LogP contribution in [0.3, 0.4) is 0 Å². The Morgan fingerprint density at radius 3 is 2.38 bits per heavy atom. The van der Waals surface area contributed by atoms with E-state index in [0.29, 0.717) is 0 Å². The average Bonchev–Trinajstić information content (AvgIpc) is 2.17. The highest BCUT2D eigenvalue weighted by Gasteiger charge is 2.17. The van der Waals surface area contributed by atoms with Gasteiger partial charge in [0.25, 0.3) is 0 Å². The fourth-order valence-electron chi connectivity index (χ4n) is 0.756. The Morgan fingerprint density at radius 2 is 2.00 bits per heavy atom. The zero-order chi connectivity index (χ0) is 12.7. The Kier molecular flexibility index (Phi) is 5.47. The van der Waals surface area contributed by atoms with E-state index in [-0.39, 0.29) is 6.61 Å². The molecule has 16 heavy (non-hydrogen) atoms. The molecule has 7 nitrogen and oxygen atoms in total. The second-order valence-electron chi connectivity index (χ2n) is 2.64. The van der Waals surface area contributed by atoms with E-state index >= 15 is 0 Å². The molecule has 0 unspecified atom stereocenters. The van der Waals surface area contributed by atoms with Gasteiger partial charge in [0.15, 0.2) is 5.78 Å². The summed E-state index contributed by atoms with van der Waals surface area (Å²) in [6.45, 7) is 2.68. The van der Waals surface area contributed by atoms with Gasteiger partial charge in [0.05, 0.1) is 12.2 Å². The molecule has 0 saturated heterocycles. The summed E-state index contributed by atoms with van der Waals surface area (Å²) in [6, 6.07) is -1.05. The molecule has 0 aliphatic rings. The Morgan fingerprint density at radius 1 is 1.44 bits per heavy atom. The molecule has 2 amide bonds. The number of amides is 2. The molecule has 0 bridgehead atoms. The molecule has 88 valence electrons. The normalized spacial score (nSPS) is 12.1. The molecule has 0 saturated carbocycles. The number of esters is 1. The van der Waals surface area contributed by atoms with Crippen LogP contribution in [0.4, 0.5) is 4.79 Å². The van der Waals surface area contributed by atoms with Crippen LogP contribution in [0.5, 0.6) is 0 Å². The van der Waals surface area contributed by atoms with Gasteiger partial charge in [-0.3, -0.25) is 4.79 Å². The fourth-order valence-corrected chi connectivity index (χ4v) is 0.756. The van der Waals surface area contributed by atoms with Gasteiger partial charge in [-0.1, -0.05) is 0 Å². The lowest BCUT2D eigenvalue weighted by Crippen LogP contribution is -2.15. The Balaban J connectivity index is 5.16. The summed E-state index contributed by atoms with van der Waals surface area (Å²) in [4.78, 5) is 35.5. The zero-order valence-corrected chi connectivity index (χ0v) is 8.89. The van der Waals surface area contributed by atoms with Crippen LogP contribution < -0.4 is 5.73 Å². The molecule has 3 N–H and O–H groups in total. The van der Waals surface area contributed by atoms with Crippen molar-refractivity contribution in [3.63, 3.8) is 0 Å². The van der Waals surface area contributed by atoms with Crippen molar-refractivity contribution in [1.82, 2.24) is 0 Å². The third-order valence-electron chi connectivity index (χ3n) is 1.42. The quantitative estimate of drug-likeness (QED) is 0.306. The molecule has 0 aromatic carbocycles.